The first-order valence-corrected chi connectivity index (χ1v) is 13.4. The van der Waals surface area contributed by atoms with E-state index in [0.29, 0.717) is 35.1 Å². The molecule has 0 bridgehead atoms. The molecular formula is C32H30ClN3O3. The number of hydrogen-bond acceptors (Lipinski definition) is 4. The van der Waals surface area contributed by atoms with Crippen molar-refractivity contribution in [1.82, 2.24) is 9.80 Å². The first-order valence-electron chi connectivity index (χ1n) is 13.0. The lowest BCUT2D eigenvalue weighted by Gasteiger charge is -2.40. The molecule has 0 atom stereocenters. The summed E-state index contributed by atoms with van der Waals surface area (Å²) in [5.74, 6) is 0.102. The first-order chi connectivity index (χ1) is 19.1. The Morgan fingerprint density at radius 1 is 0.744 bits per heavy atom. The molecule has 4 aromatic rings. The van der Waals surface area contributed by atoms with Crippen LogP contribution in [0.1, 0.15) is 27.5 Å². The molecule has 7 heteroatoms. The fourth-order valence-corrected chi connectivity index (χ4v) is 5.01. The molecule has 0 spiro atoms. The summed E-state index contributed by atoms with van der Waals surface area (Å²) in [5.41, 5.74) is 3.41. The molecule has 1 aliphatic rings. The lowest BCUT2D eigenvalue weighted by atomic mass is 9.96. The molecule has 198 valence electrons. The second-order valence-corrected chi connectivity index (χ2v) is 9.82. The number of para-hydroxylation sites is 1. The number of hydrogen-bond donors (Lipinski definition) is 1. The highest BCUT2D eigenvalue weighted by Crippen LogP contribution is 2.30. The second-order valence-electron chi connectivity index (χ2n) is 9.39. The number of rotatable bonds is 8. The monoisotopic (exact) mass is 539 g/mol. The van der Waals surface area contributed by atoms with Gasteiger partial charge in [-0.05, 0) is 47.5 Å². The van der Waals surface area contributed by atoms with Crippen molar-refractivity contribution in [2.45, 2.75) is 6.04 Å². The van der Waals surface area contributed by atoms with E-state index in [4.69, 9.17) is 16.3 Å². The van der Waals surface area contributed by atoms with E-state index < -0.39 is 0 Å². The predicted molar refractivity (Wildman–Crippen MR) is 154 cm³/mol. The molecule has 1 saturated heterocycles. The zero-order valence-electron chi connectivity index (χ0n) is 21.5. The molecule has 4 aromatic carbocycles. The highest BCUT2D eigenvalue weighted by atomic mass is 35.5. The van der Waals surface area contributed by atoms with Gasteiger partial charge < -0.3 is 15.0 Å². The van der Waals surface area contributed by atoms with Gasteiger partial charge in [-0.15, -0.1) is 0 Å². The Kier molecular flexibility index (Phi) is 8.56. The van der Waals surface area contributed by atoms with Gasteiger partial charge in [0.25, 0.3) is 11.8 Å². The fraction of sp³-hybridized carbons (Fsp3) is 0.188. The average molecular weight is 540 g/mol. The molecule has 0 aliphatic carbocycles. The summed E-state index contributed by atoms with van der Waals surface area (Å²) in [6.07, 6.45) is 0. The third-order valence-corrected chi connectivity index (χ3v) is 7.06. The van der Waals surface area contributed by atoms with Crippen molar-refractivity contribution >= 4 is 29.1 Å². The van der Waals surface area contributed by atoms with Gasteiger partial charge in [0.1, 0.15) is 5.75 Å². The van der Waals surface area contributed by atoms with Crippen LogP contribution in [0.15, 0.2) is 109 Å². The van der Waals surface area contributed by atoms with Crippen molar-refractivity contribution in [2.75, 3.05) is 38.1 Å². The van der Waals surface area contributed by atoms with E-state index in [1.807, 2.05) is 23.1 Å². The Balaban J connectivity index is 1.23. The maximum atomic E-state index is 13.5. The van der Waals surface area contributed by atoms with Crippen molar-refractivity contribution < 1.29 is 14.3 Å². The standard InChI is InChI=1S/C32H30ClN3O3/c33-26-15-17-27(18-16-26)39-23-30(37)34-29-14-8-7-13-28(29)32(38)36-21-19-35(20-22-36)31(24-9-3-1-4-10-24)25-11-5-2-6-12-25/h1-18,31H,19-23H2,(H,34,37). The number of ether oxygens (including phenoxy) is 1. The van der Waals surface area contributed by atoms with E-state index in [1.165, 1.54) is 11.1 Å². The highest BCUT2D eigenvalue weighted by Gasteiger charge is 2.29. The van der Waals surface area contributed by atoms with Crippen LogP contribution >= 0.6 is 11.6 Å². The van der Waals surface area contributed by atoms with Crippen LogP contribution in [0, 0.1) is 0 Å². The molecular weight excluding hydrogens is 510 g/mol. The van der Waals surface area contributed by atoms with Crippen LogP contribution in [0.25, 0.3) is 0 Å². The topological polar surface area (TPSA) is 61.9 Å². The largest absolute Gasteiger partial charge is 0.484 e. The molecule has 1 aliphatic heterocycles. The summed E-state index contributed by atoms with van der Waals surface area (Å²) in [7, 11) is 0. The number of carbonyl (C=O) groups excluding carboxylic acids is 2. The smallest absolute Gasteiger partial charge is 0.262 e. The minimum atomic E-state index is -0.344. The minimum absolute atomic E-state index is 0.0971. The van der Waals surface area contributed by atoms with Crippen molar-refractivity contribution in [1.29, 1.82) is 0 Å². The summed E-state index contributed by atoms with van der Waals surface area (Å²) < 4.78 is 5.55. The number of halogens is 1. The summed E-state index contributed by atoms with van der Waals surface area (Å²) in [6, 6.07) is 35.0. The van der Waals surface area contributed by atoms with Gasteiger partial charge in [0.15, 0.2) is 6.61 Å². The summed E-state index contributed by atoms with van der Waals surface area (Å²) in [4.78, 5) is 30.4. The molecule has 1 heterocycles. The van der Waals surface area contributed by atoms with Crippen molar-refractivity contribution in [3.8, 4) is 5.75 Å². The van der Waals surface area contributed by atoms with Gasteiger partial charge in [-0.3, -0.25) is 14.5 Å². The van der Waals surface area contributed by atoms with E-state index in [9.17, 15) is 9.59 Å². The molecule has 0 radical (unpaired) electrons. The van der Waals surface area contributed by atoms with Crippen LogP contribution < -0.4 is 10.1 Å². The van der Waals surface area contributed by atoms with Gasteiger partial charge in [0.2, 0.25) is 0 Å². The van der Waals surface area contributed by atoms with E-state index >= 15 is 0 Å². The molecule has 39 heavy (non-hydrogen) atoms. The van der Waals surface area contributed by atoms with Crippen LogP contribution in [0.4, 0.5) is 5.69 Å². The molecule has 2 amide bonds. The van der Waals surface area contributed by atoms with Gasteiger partial charge in [0, 0.05) is 31.2 Å². The van der Waals surface area contributed by atoms with E-state index in [1.54, 1.807) is 42.5 Å². The van der Waals surface area contributed by atoms with Gasteiger partial charge in [-0.2, -0.15) is 0 Å². The lowest BCUT2D eigenvalue weighted by molar-refractivity contribution is -0.118. The van der Waals surface area contributed by atoms with Crippen LogP contribution in [0.3, 0.4) is 0 Å². The number of benzene rings is 4. The van der Waals surface area contributed by atoms with Gasteiger partial charge >= 0.3 is 0 Å². The molecule has 0 saturated carbocycles. The zero-order chi connectivity index (χ0) is 27.0. The quantitative estimate of drug-likeness (QED) is 0.302. The third kappa shape index (κ3) is 6.66. The Hall–Kier alpha value is -4.13. The molecule has 1 N–H and O–H groups in total. The van der Waals surface area contributed by atoms with E-state index in [-0.39, 0.29) is 24.5 Å². The number of amides is 2. The van der Waals surface area contributed by atoms with Gasteiger partial charge in [0.05, 0.1) is 17.3 Å². The van der Waals surface area contributed by atoms with Gasteiger partial charge in [-0.1, -0.05) is 84.4 Å². The molecule has 0 aromatic heterocycles. The number of piperazine rings is 1. The minimum Gasteiger partial charge on any atom is -0.484 e. The maximum Gasteiger partial charge on any atom is 0.262 e. The van der Waals surface area contributed by atoms with Crippen LogP contribution in [0.5, 0.6) is 5.75 Å². The fourth-order valence-electron chi connectivity index (χ4n) is 4.88. The number of nitrogens with one attached hydrogen (secondary N) is 1. The normalized spacial score (nSPS) is 13.7. The Bertz CT molecular complexity index is 1350. The third-order valence-electron chi connectivity index (χ3n) is 6.81. The average Bonchev–Trinajstić information content (AvgIpc) is 2.98. The number of nitrogens with zero attached hydrogens (tertiary/aromatic N) is 2. The van der Waals surface area contributed by atoms with Crippen molar-refractivity contribution in [3.05, 3.63) is 131 Å². The number of carbonyl (C=O) groups is 2. The van der Waals surface area contributed by atoms with Gasteiger partial charge in [-0.25, -0.2) is 0 Å². The van der Waals surface area contributed by atoms with Crippen LogP contribution in [0.2, 0.25) is 5.02 Å². The molecule has 1 fully saturated rings. The van der Waals surface area contributed by atoms with E-state index in [2.05, 4.69) is 58.7 Å². The maximum absolute atomic E-state index is 13.5. The van der Waals surface area contributed by atoms with Crippen LogP contribution in [-0.2, 0) is 4.79 Å². The summed E-state index contributed by atoms with van der Waals surface area (Å²) in [5, 5.41) is 3.43. The van der Waals surface area contributed by atoms with Crippen LogP contribution in [-0.4, -0.2) is 54.4 Å². The molecule has 5 rings (SSSR count). The van der Waals surface area contributed by atoms with Crippen molar-refractivity contribution in [3.63, 3.8) is 0 Å². The highest BCUT2D eigenvalue weighted by molar-refractivity contribution is 6.30. The summed E-state index contributed by atoms with van der Waals surface area (Å²) >= 11 is 5.90. The Labute approximate surface area is 233 Å². The molecule has 6 nitrogen and oxygen atoms in total. The van der Waals surface area contributed by atoms with E-state index in [0.717, 1.165) is 13.1 Å². The molecule has 0 unspecified atom stereocenters. The Morgan fingerprint density at radius 3 is 1.92 bits per heavy atom. The zero-order valence-corrected chi connectivity index (χ0v) is 22.3. The SMILES string of the molecule is O=C(COc1ccc(Cl)cc1)Nc1ccccc1C(=O)N1CCN(C(c2ccccc2)c2ccccc2)CC1. The second kappa shape index (κ2) is 12.6. The predicted octanol–water partition coefficient (Wildman–Crippen LogP) is 5.90. The summed E-state index contributed by atoms with van der Waals surface area (Å²) in [6.45, 7) is 2.49. The Morgan fingerprint density at radius 2 is 1.31 bits per heavy atom. The number of anilines is 1. The lowest BCUT2D eigenvalue weighted by Crippen LogP contribution is -2.50. The first kappa shape index (κ1) is 26.5. The van der Waals surface area contributed by atoms with Crippen molar-refractivity contribution in [2.24, 2.45) is 0 Å².